The molecule has 3 aliphatic heterocycles. The lowest BCUT2D eigenvalue weighted by Crippen LogP contribution is -2.73. The van der Waals surface area contributed by atoms with E-state index in [4.69, 9.17) is 9.97 Å². The van der Waals surface area contributed by atoms with Crippen molar-refractivity contribution in [1.29, 1.82) is 0 Å². The lowest BCUT2D eigenvalue weighted by molar-refractivity contribution is -0.115. The van der Waals surface area contributed by atoms with Crippen LogP contribution in [0.15, 0.2) is 71.6 Å². The van der Waals surface area contributed by atoms with E-state index in [0.29, 0.717) is 35.5 Å². The fraction of sp³-hybridized carbons (Fsp3) is 0.222. The number of urea groups is 1. The molecule has 0 bridgehead atoms. The summed E-state index contributed by atoms with van der Waals surface area (Å²) in [5.41, 5.74) is 2.29. The van der Waals surface area contributed by atoms with Gasteiger partial charge in [0.25, 0.3) is 11.1 Å². The van der Waals surface area contributed by atoms with Crippen molar-refractivity contribution >= 4 is 58.2 Å². The highest BCUT2D eigenvalue weighted by Crippen LogP contribution is 2.42. The second kappa shape index (κ2) is 9.49. The van der Waals surface area contributed by atoms with Crippen molar-refractivity contribution < 1.29 is 14.4 Å². The molecule has 0 atom stereocenters. The molecule has 3 saturated heterocycles. The van der Waals surface area contributed by atoms with Gasteiger partial charge < -0.3 is 20.0 Å². The fourth-order valence-electron chi connectivity index (χ4n) is 4.90. The fourth-order valence-corrected chi connectivity index (χ4v) is 5.57. The Morgan fingerprint density at radius 1 is 1.03 bits per heavy atom. The second-order valence-electron chi connectivity index (χ2n) is 9.71. The summed E-state index contributed by atoms with van der Waals surface area (Å²) in [5.74, 6) is 0.787. The number of nitrogens with one attached hydrogen (secondary N) is 2. The normalized spacial score (nSPS) is 18.7. The number of hydrogen-bond acceptors (Lipinski definition) is 8. The Bertz CT molecular complexity index is 1430. The Kier molecular flexibility index (Phi) is 5.99. The molecule has 4 amide bonds. The molecule has 0 saturated carbocycles. The highest BCUT2D eigenvalue weighted by Gasteiger charge is 2.54. The first-order valence-electron chi connectivity index (χ1n) is 12.2. The van der Waals surface area contributed by atoms with E-state index < -0.39 is 11.1 Å². The zero-order valence-electron chi connectivity index (χ0n) is 20.6. The molecule has 0 unspecified atom stereocenters. The minimum Gasteiger partial charge on any atom is -0.339 e. The number of hydrogen-bond donors (Lipinski definition) is 2. The molecule has 10 nitrogen and oxygen atoms in total. The number of carbonyl (C=O) groups excluding carboxylic acids is 3. The molecule has 4 heterocycles. The summed E-state index contributed by atoms with van der Waals surface area (Å²) >= 11 is 0.860. The Balaban J connectivity index is 1.19. The number of amides is 4. The van der Waals surface area contributed by atoms with Gasteiger partial charge in [-0.2, -0.15) is 4.98 Å². The van der Waals surface area contributed by atoms with Crippen LogP contribution < -0.4 is 20.4 Å². The van der Waals surface area contributed by atoms with Gasteiger partial charge in [-0.05, 0) is 42.1 Å². The van der Waals surface area contributed by atoms with Crippen LogP contribution >= 0.6 is 11.8 Å². The molecule has 192 valence electrons. The van der Waals surface area contributed by atoms with Gasteiger partial charge in [-0.15, -0.1) is 0 Å². The van der Waals surface area contributed by atoms with E-state index in [0.717, 1.165) is 36.2 Å². The van der Waals surface area contributed by atoms with Crippen molar-refractivity contribution in [1.82, 2.24) is 20.2 Å². The lowest BCUT2D eigenvalue weighted by Gasteiger charge is -2.59. The van der Waals surface area contributed by atoms with E-state index in [2.05, 4.69) is 15.5 Å². The van der Waals surface area contributed by atoms with Crippen LogP contribution in [0.5, 0.6) is 0 Å². The summed E-state index contributed by atoms with van der Waals surface area (Å²) in [6.45, 7) is 2.79. The molecule has 0 aliphatic carbocycles. The van der Waals surface area contributed by atoms with Crippen LogP contribution in [0.3, 0.4) is 0 Å². The number of likely N-dealkylation sites (tertiary alicyclic amines) is 1. The first-order chi connectivity index (χ1) is 18.4. The van der Waals surface area contributed by atoms with Crippen molar-refractivity contribution in [2.75, 3.05) is 48.3 Å². The number of para-hydroxylation sites is 2. The van der Waals surface area contributed by atoms with Gasteiger partial charge >= 0.3 is 6.03 Å². The van der Waals surface area contributed by atoms with E-state index in [1.54, 1.807) is 12.1 Å². The maximum Gasteiger partial charge on any atom is 0.321 e. The summed E-state index contributed by atoms with van der Waals surface area (Å²) < 4.78 is 0. The molecule has 11 heteroatoms. The van der Waals surface area contributed by atoms with Gasteiger partial charge in [0.2, 0.25) is 5.95 Å². The number of nitrogens with zero attached hydrogens (tertiary/aromatic N) is 5. The molecular formula is C27H25N7O3S. The zero-order chi connectivity index (χ0) is 26.3. The first-order valence-corrected chi connectivity index (χ1v) is 13.0. The minimum absolute atomic E-state index is 0.0188. The Hall–Kier alpha value is -4.38. The number of benzene rings is 2. The molecule has 1 aromatic heterocycles. The van der Waals surface area contributed by atoms with Crippen LogP contribution in [-0.4, -0.2) is 65.3 Å². The number of aromatic nitrogens is 2. The van der Waals surface area contributed by atoms with Crippen molar-refractivity contribution in [3.05, 3.63) is 77.3 Å². The van der Waals surface area contributed by atoms with Crippen LogP contribution in [0, 0.1) is 5.41 Å². The van der Waals surface area contributed by atoms with E-state index in [-0.39, 0.29) is 11.4 Å². The van der Waals surface area contributed by atoms with Crippen LogP contribution in [0.4, 0.5) is 32.7 Å². The maximum absolute atomic E-state index is 12.6. The van der Waals surface area contributed by atoms with Crippen molar-refractivity contribution in [2.24, 2.45) is 5.41 Å². The third-order valence-corrected chi connectivity index (χ3v) is 7.64. The van der Waals surface area contributed by atoms with Crippen molar-refractivity contribution in [2.45, 2.75) is 0 Å². The Labute approximate surface area is 223 Å². The van der Waals surface area contributed by atoms with Crippen LogP contribution in [0.25, 0.3) is 6.08 Å². The van der Waals surface area contributed by atoms with Gasteiger partial charge in [0.05, 0.1) is 10.6 Å². The largest absolute Gasteiger partial charge is 0.339 e. The topological polar surface area (TPSA) is 111 Å². The monoisotopic (exact) mass is 527 g/mol. The molecule has 2 N–H and O–H groups in total. The second-order valence-corrected chi connectivity index (χ2v) is 10.7. The molecule has 0 radical (unpaired) electrons. The van der Waals surface area contributed by atoms with Crippen LogP contribution in [-0.2, 0) is 4.79 Å². The average molecular weight is 528 g/mol. The standard InChI is InChI=1S/C27H25N7O3S/c1-32(20-10-6-3-7-11-20)22-13-19(12-21-23(35)31-26(37)38-21)28-24(30-22)33-14-27(15-33)16-34(17-27)25(36)29-18-8-4-2-5-9-18/h2-13H,14-17H2,1H3,(H,29,36)(H,31,35,37)/b21-12+. The molecule has 38 heavy (non-hydrogen) atoms. The van der Waals surface area contributed by atoms with Gasteiger partial charge in [-0.1, -0.05) is 36.4 Å². The molecule has 3 aliphatic rings. The SMILES string of the molecule is CN(c1ccccc1)c1cc(/C=C2/SC(=O)NC2=O)nc(N2CC3(CN(C(=O)Nc4ccccc4)C3)C2)n1. The molecule has 3 aromatic rings. The quantitative estimate of drug-likeness (QED) is 0.481. The van der Waals surface area contributed by atoms with Gasteiger partial charge in [0.1, 0.15) is 5.82 Å². The number of imide groups is 1. The van der Waals surface area contributed by atoms with E-state index in [9.17, 15) is 14.4 Å². The summed E-state index contributed by atoms with van der Waals surface area (Å²) in [7, 11) is 1.92. The Morgan fingerprint density at radius 3 is 2.37 bits per heavy atom. The number of rotatable bonds is 5. The lowest BCUT2D eigenvalue weighted by atomic mass is 9.73. The van der Waals surface area contributed by atoms with Gasteiger partial charge in [-0.25, -0.2) is 9.78 Å². The van der Waals surface area contributed by atoms with E-state index in [1.165, 1.54) is 0 Å². The molecular weight excluding hydrogens is 502 g/mol. The molecule has 3 fully saturated rings. The number of carbonyl (C=O) groups is 3. The third-order valence-electron chi connectivity index (χ3n) is 6.83. The average Bonchev–Trinajstić information content (AvgIpc) is 3.19. The summed E-state index contributed by atoms with van der Waals surface area (Å²) in [5, 5.41) is 4.82. The van der Waals surface area contributed by atoms with Gasteiger partial charge in [-0.3, -0.25) is 14.9 Å². The smallest absolute Gasteiger partial charge is 0.321 e. The Morgan fingerprint density at radius 2 is 1.71 bits per heavy atom. The van der Waals surface area contributed by atoms with E-state index >= 15 is 0 Å². The maximum atomic E-state index is 12.6. The predicted octanol–water partition coefficient (Wildman–Crippen LogP) is 3.92. The van der Waals surface area contributed by atoms with Crippen molar-refractivity contribution in [3.63, 3.8) is 0 Å². The van der Waals surface area contributed by atoms with Crippen molar-refractivity contribution in [3.8, 4) is 0 Å². The summed E-state index contributed by atoms with van der Waals surface area (Å²) in [6.07, 6.45) is 1.62. The number of anilines is 4. The number of thioether (sulfide) groups is 1. The third kappa shape index (κ3) is 4.68. The summed E-state index contributed by atoms with van der Waals surface area (Å²) in [6, 6.07) is 21.0. The molecule has 6 rings (SSSR count). The van der Waals surface area contributed by atoms with Crippen LogP contribution in [0.2, 0.25) is 0 Å². The highest BCUT2D eigenvalue weighted by molar-refractivity contribution is 8.18. The van der Waals surface area contributed by atoms with Crippen LogP contribution in [0.1, 0.15) is 5.69 Å². The minimum atomic E-state index is -0.427. The molecule has 2 aromatic carbocycles. The first kappa shape index (κ1) is 24.0. The van der Waals surface area contributed by atoms with Gasteiger partial charge in [0, 0.05) is 56.1 Å². The summed E-state index contributed by atoms with van der Waals surface area (Å²) in [4.78, 5) is 52.0. The molecule has 1 spiro atoms. The van der Waals surface area contributed by atoms with Gasteiger partial charge in [0.15, 0.2) is 0 Å². The highest BCUT2D eigenvalue weighted by atomic mass is 32.2. The van der Waals surface area contributed by atoms with E-state index in [1.807, 2.05) is 77.5 Å². The zero-order valence-corrected chi connectivity index (χ0v) is 21.4. The predicted molar refractivity (Wildman–Crippen MR) is 147 cm³/mol.